The minimum atomic E-state index is -0.0547. The topological polar surface area (TPSA) is 73.0 Å². The predicted octanol–water partition coefficient (Wildman–Crippen LogP) is 4.54. The van der Waals surface area contributed by atoms with Gasteiger partial charge in [-0.3, -0.25) is 9.79 Å². The molecule has 1 aliphatic rings. The molecule has 0 aliphatic heterocycles. The van der Waals surface area contributed by atoms with Crippen LogP contribution in [0.4, 0.5) is 0 Å². The second-order valence-electron chi connectivity index (χ2n) is 8.32. The van der Waals surface area contributed by atoms with Gasteiger partial charge in [-0.25, -0.2) is 0 Å². The molecule has 2 aromatic rings. The highest BCUT2D eigenvalue weighted by Gasteiger charge is 2.36. The molecule has 3 rings (SSSR count). The molecule has 1 aromatic carbocycles. The summed E-state index contributed by atoms with van der Waals surface area (Å²) in [6, 6.07) is 13.6. The van der Waals surface area contributed by atoms with E-state index in [0.29, 0.717) is 31.7 Å². The van der Waals surface area contributed by atoms with Crippen molar-refractivity contribution in [2.75, 3.05) is 19.8 Å². The number of nitrogens with zero attached hydrogens (tertiary/aromatic N) is 2. The molecule has 0 spiro atoms. The maximum Gasteiger partial charge on any atom is 0.306 e. The lowest BCUT2D eigenvalue weighted by molar-refractivity contribution is -0.146. The van der Waals surface area contributed by atoms with Crippen molar-refractivity contribution < 1.29 is 19.5 Å². The second kappa shape index (κ2) is 11.6. The summed E-state index contributed by atoms with van der Waals surface area (Å²) < 4.78 is 12.0. The Morgan fingerprint density at radius 2 is 1.94 bits per heavy atom. The van der Waals surface area contributed by atoms with Crippen molar-refractivity contribution in [3.63, 3.8) is 0 Å². The molecule has 1 N–H and O–H groups in total. The van der Waals surface area contributed by atoms with Crippen molar-refractivity contribution in [1.82, 2.24) is 4.73 Å². The quantitative estimate of drug-likeness (QED) is 0.325. The fourth-order valence-corrected chi connectivity index (χ4v) is 4.32. The summed E-state index contributed by atoms with van der Waals surface area (Å²) in [4.78, 5) is 16.4. The number of benzene rings is 1. The molecular formula is C25H34N2O4. The number of rotatable bonds is 11. The summed E-state index contributed by atoms with van der Waals surface area (Å²) in [7, 11) is 0. The molecular weight excluding hydrogens is 392 g/mol. The van der Waals surface area contributed by atoms with E-state index in [-0.39, 0.29) is 11.4 Å². The number of aromatic nitrogens is 1. The monoisotopic (exact) mass is 426 g/mol. The van der Waals surface area contributed by atoms with Gasteiger partial charge in [0.15, 0.2) is 5.49 Å². The Morgan fingerprint density at radius 1 is 1.16 bits per heavy atom. The SMILES string of the molecule is CCOC(=O)CC1(CCc2ccc(OCCCN=c3ccccn3O)cc2)CCCC1. The minimum Gasteiger partial charge on any atom is -0.494 e. The number of esters is 1. The normalized spacial score (nSPS) is 15.7. The van der Waals surface area contributed by atoms with Crippen molar-refractivity contribution >= 4 is 5.97 Å². The van der Waals surface area contributed by atoms with Crippen molar-refractivity contribution in [3.05, 3.63) is 59.7 Å². The summed E-state index contributed by atoms with van der Waals surface area (Å²) >= 11 is 0. The molecule has 0 unspecified atom stereocenters. The van der Waals surface area contributed by atoms with E-state index >= 15 is 0 Å². The first-order valence-corrected chi connectivity index (χ1v) is 11.3. The van der Waals surface area contributed by atoms with Crippen LogP contribution in [-0.2, 0) is 16.0 Å². The first-order valence-electron chi connectivity index (χ1n) is 11.3. The van der Waals surface area contributed by atoms with Gasteiger partial charge in [0.25, 0.3) is 0 Å². The molecule has 1 aromatic heterocycles. The number of hydrogen-bond acceptors (Lipinski definition) is 5. The van der Waals surface area contributed by atoms with E-state index in [9.17, 15) is 10.0 Å². The molecule has 1 saturated carbocycles. The highest BCUT2D eigenvalue weighted by atomic mass is 16.5. The Kier molecular flexibility index (Phi) is 8.56. The lowest BCUT2D eigenvalue weighted by atomic mass is 9.77. The van der Waals surface area contributed by atoms with Crippen LogP contribution in [0.25, 0.3) is 0 Å². The summed E-state index contributed by atoms with van der Waals surface area (Å²) in [6.45, 7) is 3.48. The Hall–Kier alpha value is -2.76. The lowest BCUT2D eigenvalue weighted by Crippen LogP contribution is -2.23. The van der Waals surface area contributed by atoms with Crippen LogP contribution in [0.3, 0.4) is 0 Å². The molecule has 1 aliphatic carbocycles. The number of carbonyl (C=O) groups is 1. The van der Waals surface area contributed by atoms with Crippen LogP contribution in [0, 0.1) is 5.41 Å². The van der Waals surface area contributed by atoms with Gasteiger partial charge >= 0.3 is 5.97 Å². The van der Waals surface area contributed by atoms with E-state index in [2.05, 4.69) is 17.1 Å². The van der Waals surface area contributed by atoms with Crippen LogP contribution in [0.15, 0.2) is 53.7 Å². The fourth-order valence-electron chi connectivity index (χ4n) is 4.32. The Balaban J connectivity index is 1.43. The number of aryl methyl sites for hydroxylation is 1. The highest BCUT2D eigenvalue weighted by Crippen LogP contribution is 2.45. The van der Waals surface area contributed by atoms with Crippen LogP contribution in [-0.4, -0.2) is 35.7 Å². The highest BCUT2D eigenvalue weighted by molar-refractivity contribution is 5.70. The summed E-state index contributed by atoms with van der Waals surface area (Å²) in [5.41, 5.74) is 1.92. The second-order valence-corrected chi connectivity index (χ2v) is 8.32. The largest absolute Gasteiger partial charge is 0.494 e. The first kappa shape index (κ1) is 22.9. The average molecular weight is 427 g/mol. The van der Waals surface area contributed by atoms with Gasteiger partial charge in [-0.1, -0.05) is 31.0 Å². The van der Waals surface area contributed by atoms with Crippen LogP contribution < -0.4 is 10.2 Å². The van der Waals surface area contributed by atoms with Gasteiger partial charge in [0.1, 0.15) is 5.75 Å². The maximum absolute atomic E-state index is 12.0. The zero-order valence-electron chi connectivity index (χ0n) is 18.5. The van der Waals surface area contributed by atoms with Gasteiger partial charge in [0.05, 0.1) is 19.6 Å². The minimum absolute atomic E-state index is 0.0547. The standard InChI is InChI=1S/C25H34N2O4/c1-2-30-24(28)20-25(14-4-5-15-25)16-13-21-9-11-22(12-10-21)31-19-7-17-26-23-8-3-6-18-27(23)29/h3,6,8-12,18,29H,2,4-5,7,13-17,19-20H2,1H3. The molecule has 168 valence electrons. The van der Waals surface area contributed by atoms with Gasteiger partial charge in [-0.2, -0.15) is 4.73 Å². The molecule has 0 bridgehead atoms. The van der Waals surface area contributed by atoms with E-state index in [4.69, 9.17) is 9.47 Å². The van der Waals surface area contributed by atoms with Crippen LogP contribution in [0.1, 0.15) is 57.4 Å². The van der Waals surface area contributed by atoms with Gasteiger partial charge < -0.3 is 14.7 Å². The zero-order chi connectivity index (χ0) is 21.9. The third kappa shape index (κ3) is 7.16. The van der Waals surface area contributed by atoms with E-state index in [1.165, 1.54) is 18.4 Å². The molecule has 0 amide bonds. The summed E-state index contributed by atoms with van der Waals surface area (Å²) in [6.07, 6.45) is 9.53. The maximum atomic E-state index is 12.0. The smallest absolute Gasteiger partial charge is 0.306 e. The average Bonchev–Trinajstić information content (AvgIpc) is 3.23. The van der Waals surface area contributed by atoms with Crippen molar-refractivity contribution in [3.8, 4) is 5.75 Å². The van der Waals surface area contributed by atoms with Gasteiger partial charge in [-0.15, -0.1) is 0 Å². The fraction of sp³-hybridized carbons (Fsp3) is 0.520. The van der Waals surface area contributed by atoms with Crippen LogP contribution in [0.5, 0.6) is 5.75 Å². The van der Waals surface area contributed by atoms with Crippen LogP contribution >= 0.6 is 0 Å². The van der Waals surface area contributed by atoms with Gasteiger partial charge in [0, 0.05) is 19.2 Å². The number of carbonyl (C=O) groups excluding carboxylic acids is 1. The lowest BCUT2D eigenvalue weighted by Gasteiger charge is -2.28. The Labute approximate surface area is 184 Å². The molecule has 0 atom stereocenters. The first-order chi connectivity index (χ1) is 15.1. The van der Waals surface area contributed by atoms with E-state index in [0.717, 1.165) is 42.6 Å². The third-order valence-corrected chi connectivity index (χ3v) is 6.02. The zero-order valence-corrected chi connectivity index (χ0v) is 18.5. The number of ether oxygens (including phenoxy) is 2. The summed E-state index contributed by atoms with van der Waals surface area (Å²) in [5, 5.41) is 9.64. The molecule has 1 heterocycles. The van der Waals surface area contributed by atoms with Crippen molar-refractivity contribution in [1.29, 1.82) is 0 Å². The van der Waals surface area contributed by atoms with Crippen LogP contribution in [0.2, 0.25) is 0 Å². The Morgan fingerprint density at radius 3 is 2.65 bits per heavy atom. The van der Waals surface area contributed by atoms with Gasteiger partial charge in [-0.05, 0) is 67.9 Å². The Bertz CT molecular complexity index is 883. The summed E-state index contributed by atoms with van der Waals surface area (Å²) in [5.74, 6) is 0.795. The van der Waals surface area contributed by atoms with E-state index in [1.54, 1.807) is 18.3 Å². The van der Waals surface area contributed by atoms with E-state index < -0.39 is 0 Å². The number of pyridine rings is 1. The third-order valence-electron chi connectivity index (χ3n) is 6.02. The number of hydrogen-bond donors (Lipinski definition) is 1. The van der Waals surface area contributed by atoms with Crippen molar-refractivity contribution in [2.24, 2.45) is 10.4 Å². The molecule has 6 heteroatoms. The van der Waals surface area contributed by atoms with Gasteiger partial charge in [0.2, 0.25) is 0 Å². The molecule has 0 radical (unpaired) electrons. The molecule has 0 saturated heterocycles. The molecule has 1 fully saturated rings. The predicted molar refractivity (Wildman–Crippen MR) is 119 cm³/mol. The van der Waals surface area contributed by atoms with Crippen molar-refractivity contribution in [2.45, 2.75) is 58.3 Å². The molecule has 31 heavy (non-hydrogen) atoms. The van der Waals surface area contributed by atoms with E-state index in [1.807, 2.05) is 25.1 Å². The molecule has 6 nitrogen and oxygen atoms in total.